The number of nitrogens with zero attached hydrogens (tertiary/aromatic N) is 3. The maximum absolute atomic E-state index is 12.6. The van der Waals surface area contributed by atoms with E-state index in [0.717, 1.165) is 31.3 Å². The predicted octanol–water partition coefficient (Wildman–Crippen LogP) is 4.64. The lowest BCUT2D eigenvalue weighted by molar-refractivity contribution is 0.102. The van der Waals surface area contributed by atoms with Gasteiger partial charge >= 0.3 is 0 Å². The Labute approximate surface area is 153 Å². The molecule has 0 aliphatic heterocycles. The minimum atomic E-state index is 0.121. The van der Waals surface area contributed by atoms with Crippen LogP contribution in [-0.4, -0.2) is 32.6 Å². The number of carbonyl (C=O) groups is 1. The van der Waals surface area contributed by atoms with E-state index in [1.54, 1.807) is 11.8 Å². The van der Waals surface area contributed by atoms with Crippen molar-refractivity contribution >= 4 is 40.6 Å². The third-order valence-corrected chi connectivity index (χ3v) is 6.67. The number of Topliss-reactive ketones (excluding diaryl/α,β-unsaturated/α-hetero) is 1. The molecule has 0 N–H and O–H groups in total. The first-order chi connectivity index (χ1) is 11.6. The Morgan fingerprint density at radius 1 is 1.17 bits per heavy atom. The SMILES string of the molecule is CSc1nnc(SCC(=O)c2cc(C)n(-c3ccccc3)c2C)s1. The molecule has 3 aromatic rings. The second-order valence-electron chi connectivity index (χ2n) is 5.21. The van der Waals surface area contributed by atoms with Gasteiger partial charge in [-0.3, -0.25) is 4.79 Å². The molecule has 0 saturated carbocycles. The van der Waals surface area contributed by atoms with Crippen LogP contribution >= 0.6 is 34.9 Å². The maximum atomic E-state index is 12.6. The van der Waals surface area contributed by atoms with Crippen LogP contribution < -0.4 is 0 Å². The van der Waals surface area contributed by atoms with Crippen LogP contribution in [0.4, 0.5) is 0 Å². The maximum Gasteiger partial charge on any atom is 0.175 e. The van der Waals surface area contributed by atoms with Gasteiger partial charge in [0.2, 0.25) is 0 Å². The Balaban J connectivity index is 1.78. The van der Waals surface area contributed by atoms with Crippen molar-refractivity contribution < 1.29 is 4.79 Å². The minimum Gasteiger partial charge on any atom is -0.318 e. The van der Waals surface area contributed by atoms with E-state index in [1.807, 2.05) is 56.5 Å². The lowest BCUT2D eigenvalue weighted by atomic mass is 10.2. The van der Waals surface area contributed by atoms with E-state index in [2.05, 4.69) is 14.8 Å². The van der Waals surface area contributed by atoms with Crippen LogP contribution in [0.2, 0.25) is 0 Å². The molecule has 0 aliphatic rings. The van der Waals surface area contributed by atoms with Crippen molar-refractivity contribution in [1.29, 1.82) is 0 Å². The van der Waals surface area contributed by atoms with Crippen molar-refractivity contribution in [2.24, 2.45) is 0 Å². The van der Waals surface area contributed by atoms with Gasteiger partial charge in [0.1, 0.15) is 0 Å². The van der Waals surface area contributed by atoms with Gasteiger partial charge in [0.05, 0.1) is 5.75 Å². The molecule has 1 aromatic carbocycles. The molecular formula is C17H17N3OS3. The van der Waals surface area contributed by atoms with Crippen molar-refractivity contribution in [2.75, 3.05) is 12.0 Å². The number of para-hydroxylation sites is 1. The summed E-state index contributed by atoms with van der Waals surface area (Å²) in [6.45, 7) is 4.02. The van der Waals surface area contributed by atoms with Gasteiger partial charge < -0.3 is 4.57 Å². The average Bonchev–Trinajstić information content (AvgIpc) is 3.17. The monoisotopic (exact) mass is 375 g/mol. The smallest absolute Gasteiger partial charge is 0.175 e. The molecule has 0 atom stereocenters. The van der Waals surface area contributed by atoms with Gasteiger partial charge in [-0.05, 0) is 38.3 Å². The van der Waals surface area contributed by atoms with Crippen LogP contribution in [-0.2, 0) is 0 Å². The molecule has 124 valence electrons. The average molecular weight is 376 g/mol. The third kappa shape index (κ3) is 3.58. The molecule has 0 amide bonds. The molecule has 24 heavy (non-hydrogen) atoms. The van der Waals surface area contributed by atoms with Crippen molar-refractivity contribution in [1.82, 2.24) is 14.8 Å². The zero-order valence-corrected chi connectivity index (χ0v) is 16.1. The second kappa shape index (κ2) is 7.55. The lowest BCUT2D eigenvalue weighted by Crippen LogP contribution is -2.05. The highest BCUT2D eigenvalue weighted by Crippen LogP contribution is 2.29. The second-order valence-corrected chi connectivity index (χ2v) is 8.46. The Hall–Kier alpha value is -1.57. The summed E-state index contributed by atoms with van der Waals surface area (Å²) in [7, 11) is 0. The topological polar surface area (TPSA) is 47.8 Å². The minimum absolute atomic E-state index is 0.121. The number of hydrogen-bond donors (Lipinski definition) is 0. The standard InChI is InChI=1S/C17H17N3OS3/c1-11-9-14(12(2)20(11)13-7-5-4-6-8-13)15(21)10-23-17-19-18-16(22-3)24-17/h4-9H,10H2,1-3H3. The Morgan fingerprint density at radius 2 is 1.88 bits per heavy atom. The van der Waals surface area contributed by atoms with Gasteiger partial charge in [-0.15, -0.1) is 10.2 Å². The quantitative estimate of drug-likeness (QED) is 0.464. The molecule has 2 heterocycles. The molecule has 4 nitrogen and oxygen atoms in total. The van der Waals surface area contributed by atoms with Gasteiger partial charge in [0, 0.05) is 22.6 Å². The summed E-state index contributed by atoms with van der Waals surface area (Å²) in [5.74, 6) is 0.499. The summed E-state index contributed by atoms with van der Waals surface area (Å²) >= 11 is 4.55. The summed E-state index contributed by atoms with van der Waals surface area (Å²) in [6, 6.07) is 12.1. The molecule has 0 bridgehead atoms. The number of aromatic nitrogens is 3. The number of carbonyl (C=O) groups excluding carboxylic acids is 1. The largest absolute Gasteiger partial charge is 0.318 e. The molecule has 0 saturated heterocycles. The van der Waals surface area contributed by atoms with E-state index in [0.29, 0.717) is 5.75 Å². The molecule has 0 radical (unpaired) electrons. The van der Waals surface area contributed by atoms with E-state index < -0.39 is 0 Å². The van der Waals surface area contributed by atoms with Crippen LogP contribution in [0, 0.1) is 13.8 Å². The van der Waals surface area contributed by atoms with E-state index in [1.165, 1.54) is 23.1 Å². The molecule has 2 aromatic heterocycles. The first-order valence-electron chi connectivity index (χ1n) is 7.38. The van der Waals surface area contributed by atoms with Gasteiger partial charge in [-0.1, -0.05) is 53.1 Å². The summed E-state index contributed by atoms with van der Waals surface area (Å²) < 4.78 is 3.88. The molecule has 7 heteroatoms. The lowest BCUT2D eigenvalue weighted by Gasteiger charge is -2.09. The summed E-state index contributed by atoms with van der Waals surface area (Å²) in [6.07, 6.45) is 1.97. The summed E-state index contributed by atoms with van der Waals surface area (Å²) in [4.78, 5) is 12.6. The highest BCUT2D eigenvalue weighted by molar-refractivity contribution is 8.03. The van der Waals surface area contributed by atoms with E-state index in [4.69, 9.17) is 0 Å². The molecule has 0 aliphatic carbocycles. The van der Waals surface area contributed by atoms with E-state index in [9.17, 15) is 4.79 Å². The van der Waals surface area contributed by atoms with E-state index >= 15 is 0 Å². The van der Waals surface area contributed by atoms with Gasteiger partial charge in [0.25, 0.3) is 0 Å². The molecule has 3 rings (SSSR count). The molecule has 0 spiro atoms. The zero-order chi connectivity index (χ0) is 17.1. The van der Waals surface area contributed by atoms with Gasteiger partial charge in [-0.2, -0.15) is 0 Å². The number of benzene rings is 1. The van der Waals surface area contributed by atoms with Crippen molar-refractivity contribution in [3.63, 3.8) is 0 Å². The fourth-order valence-corrected chi connectivity index (χ4v) is 4.88. The van der Waals surface area contributed by atoms with Crippen LogP contribution in [0.1, 0.15) is 21.7 Å². The number of rotatable bonds is 6. The Bertz CT molecular complexity index is 855. The normalized spacial score (nSPS) is 11.0. The molecule has 0 fully saturated rings. The van der Waals surface area contributed by atoms with Crippen molar-refractivity contribution in [3.05, 3.63) is 53.3 Å². The molecular weight excluding hydrogens is 358 g/mol. The van der Waals surface area contributed by atoms with E-state index in [-0.39, 0.29) is 5.78 Å². The van der Waals surface area contributed by atoms with Crippen molar-refractivity contribution in [3.8, 4) is 5.69 Å². The number of thioether (sulfide) groups is 2. The Morgan fingerprint density at radius 3 is 2.54 bits per heavy atom. The highest BCUT2D eigenvalue weighted by Gasteiger charge is 2.17. The number of aryl methyl sites for hydroxylation is 1. The van der Waals surface area contributed by atoms with Crippen molar-refractivity contribution in [2.45, 2.75) is 22.5 Å². The zero-order valence-electron chi connectivity index (χ0n) is 13.6. The fourth-order valence-electron chi connectivity index (χ4n) is 2.56. The van der Waals surface area contributed by atoms with Crippen LogP contribution in [0.25, 0.3) is 5.69 Å². The van der Waals surface area contributed by atoms with Crippen LogP contribution in [0.15, 0.2) is 45.1 Å². The third-order valence-electron chi connectivity index (χ3n) is 3.64. The predicted molar refractivity (Wildman–Crippen MR) is 102 cm³/mol. The number of hydrogen-bond acceptors (Lipinski definition) is 6. The highest BCUT2D eigenvalue weighted by atomic mass is 32.2. The summed E-state index contributed by atoms with van der Waals surface area (Å²) in [5, 5.41) is 8.15. The fraction of sp³-hybridized carbons (Fsp3) is 0.235. The molecule has 0 unspecified atom stereocenters. The van der Waals surface area contributed by atoms with Crippen LogP contribution in [0.3, 0.4) is 0 Å². The summed E-state index contributed by atoms with van der Waals surface area (Å²) in [5.41, 5.74) is 3.89. The first kappa shape index (κ1) is 17.3. The van der Waals surface area contributed by atoms with Gasteiger partial charge in [0.15, 0.2) is 14.5 Å². The first-order valence-corrected chi connectivity index (χ1v) is 10.4. The van der Waals surface area contributed by atoms with Gasteiger partial charge in [-0.25, -0.2) is 0 Å². The Kier molecular flexibility index (Phi) is 5.43. The van der Waals surface area contributed by atoms with Crippen LogP contribution in [0.5, 0.6) is 0 Å². The number of ketones is 1.